The van der Waals surface area contributed by atoms with E-state index in [1.807, 2.05) is 25.7 Å². The summed E-state index contributed by atoms with van der Waals surface area (Å²) in [5.74, 6) is 0.594. The number of aromatic nitrogens is 4. The number of carbonyl (C=O) groups is 1. The van der Waals surface area contributed by atoms with Gasteiger partial charge in [0, 0.05) is 26.2 Å². The summed E-state index contributed by atoms with van der Waals surface area (Å²) in [7, 11) is 1.76. The first-order chi connectivity index (χ1) is 12.6. The number of amides is 1. The van der Waals surface area contributed by atoms with Gasteiger partial charge in [-0.3, -0.25) is 0 Å². The van der Waals surface area contributed by atoms with Crippen LogP contribution in [0.2, 0.25) is 10.4 Å². The fourth-order valence-corrected chi connectivity index (χ4v) is 3.35. The van der Waals surface area contributed by atoms with E-state index in [0.29, 0.717) is 23.4 Å². The van der Waals surface area contributed by atoms with E-state index in [-0.39, 0.29) is 22.6 Å². The fraction of sp³-hybridized carbons (Fsp3) is 0.588. The highest BCUT2D eigenvalue weighted by atomic mass is 35.5. The van der Waals surface area contributed by atoms with Gasteiger partial charge < -0.3 is 14.5 Å². The smallest absolute Gasteiger partial charge is 0.410 e. The molecule has 3 heterocycles. The first kappa shape index (κ1) is 19.8. The number of hydrogen-bond donors (Lipinski definition) is 0. The Balaban J connectivity index is 1.84. The molecule has 0 radical (unpaired) electrons. The van der Waals surface area contributed by atoms with Gasteiger partial charge >= 0.3 is 6.09 Å². The second-order valence-electron chi connectivity index (χ2n) is 7.55. The number of likely N-dealkylation sites (N-methyl/N-ethyl adjacent to an activating group) is 1. The predicted molar refractivity (Wildman–Crippen MR) is 104 cm³/mol. The Bertz CT molecular complexity index is 852. The van der Waals surface area contributed by atoms with Crippen LogP contribution in [0, 0.1) is 0 Å². The highest BCUT2D eigenvalue weighted by molar-refractivity contribution is 6.30. The lowest BCUT2D eigenvalue weighted by Gasteiger charge is -2.38. The standard InChI is InChI=1S/C17H22Cl2N6O2/c1-17(2,3)27-16(26)24(4)10-6-5-7-25(9-10)14-13-11(20-15(19)21-14)8-12(18)22-23-13/h8,10H,5-7,9H2,1-4H3/t10-/m1/s1. The predicted octanol–water partition coefficient (Wildman–Crippen LogP) is 3.56. The van der Waals surface area contributed by atoms with E-state index in [1.54, 1.807) is 18.0 Å². The molecular formula is C17H22Cl2N6O2. The number of carbonyl (C=O) groups excluding carboxylic acids is 1. The number of ether oxygens (including phenoxy) is 1. The molecule has 3 rings (SSSR count). The third-order valence-corrected chi connectivity index (χ3v) is 4.65. The molecule has 146 valence electrons. The van der Waals surface area contributed by atoms with Gasteiger partial charge in [0.1, 0.15) is 11.1 Å². The molecule has 0 spiro atoms. The molecule has 2 aromatic heterocycles. The highest BCUT2D eigenvalue weighted by Crippen LogP contribution is 2.28. The Labute approximate surface area is 167 Å². The maximum absolute atomic E-state index is 12.4. The van der Waals surface area contributed by atoms with E-state index < -0.39 is 5.60 Å². The van der Waals surface area contributed by atoms with Crippen LogP contribution in [0.5, 0.6) is 0 Å². The van der Waals surface area contributed by atoms with E-state index >= 15 is 0 Å². The molecule has 10 heteroatoms. The zero-order valence-corrected chi connectivity index (χ0v) is 17.3. The topological polar surface area (TPSA) is 84.3 Å². The van der Waals surface area contributed by atoms with Gasteiger partial charge in [-0.2, -0.15) is 4.98 Å². The summed E-state index contributed by atoms with van der Waals surface area (Å²) in [6.07, 6.45) is 1.43. The van der Waals surface area contributed by atoms with E-state index in [9.17, 15) is 4.79 Å². The third-order valence-electron chi connectivity index (χ3n) is 4.29. The number of hydrogen-bond acceptors (Lipinski definition) is 7. The van der Waals surface area contributed by atoms with Crippen LogP contribution in [-0.2, 0) is 4.74 Å². The number of anilines is 1. The van der Waals surface area contributed by atoms with Gasteiger partial charge in [0.25, 0.3) is 0 Å². The van der Waals surface area contributed by atoms with Crippen LogP contribution < -0.4 is 4.90 Å². The zero-order chi connectivity index (χ0) is 19.8. The molecule has 27 heavy (non-hydrogen) atoms. The number of halogens is 2. The van der Waals surface area contributed by atoms with Crippen molar-refractivity contribution in [1.82, 2.24) is 25.1 Å². The van der Waals surface area contributed by atoms with E-state index in [2.05, 4.69) is 20.2 Å². The molecule has 1 saturated heterocycles. The number of fused-ring (bicyclic) bond motifs is 1. The van der Waals surface area contributed by atoms with Crippen LogP contribution in [0.15, 0.2) is 6.07 Å². The molecule has 8 nitrogen and oxygen atoms in total. The summed E-state index contributed by atoms with van der Waals surface area (Å²) in [6, 6.07) is 1.59. The largest absolute Gasteiger partial charge is 0.444 e. The average Bonchev–Trinajstić information content (AvgIpc) is 2.58. The first-order valence-electron chi connectivity index (χ1n) is 8.71. The zero-order valence-electron chi connectivity index (χ0n) is 15.7. The Morgan fingerprint density at radius 2 is 2.04 bits per heavy atom. The van der Waals surface area contributed by atoms with E-state index in [0.717, 1.165) is 19.4 Å². The molecule has 1 fully saturated rings. The van der Waals surface area contributed by atoms with Crippen molar-refractivity contribution in [3.05, 3.63) is 16.5 Å². The first-order valence-corrected chi connectivity index (χ1v) is 9.47. The highest BCUT2D eigenvalue weighted by Gasteiger charge is 2.30. The van der Waals surface area contributed by atoms with Crippen LogP contribution in [-0.4, -0.2) is 62.9 Å². The number of nitrogens with zero attached hydrogens (tertiary/aromatic N) is 6. The molecular weight excluding hydrogens is 391 g/mol. The SMILES string of the molecule is CN(C(=O)OC(C)(C)C)[C@@H]1CCCN(c2nc(Cl)nc3cc(Cl)nnc23)C1. The third kappa shape index (κ3) is 4.68. The van der Waals surface area contributed by atoms with E-state index in [1.165, 1.54) is 0 Å². The second kappa shape index (κ2) is 7.59. The van der Waals surface area contributed by atoms with Gasteiger partial charge in [-0.25, -0.2) is 9.78 Å². The maximum atomic E-state index is 12.4. The average molecular weight is 413 g/mol. The Morgan fingerprint density at radius 1 is 1.30 bits per heavy atom. The van der Waals surface area contributed by atoms with Crippen molar-refractivity contribution in [2.45, 2.75) is 45.3 Å². The Hall–Kier alpha value is -1.93. The molecule has 0 aromatic carbocycles. The molecule has 1 aliphatic rings. The van der Waals surface area contributed by atoms with Crippen molar-refractivity contribution in [1.29, 1.82) is 0 Å². The van der Waals surface area contributed by atoms with Crippen molar-refractivity contribution in [2.75, 3.05) is 25.0 Å². The minimum Gasteiger partial charge on any atom is -0.444 e. The minimum absolute atomic E-state index is 0.0161. The van der Waals surface area contributed by atoms with Crippen LogP contribution in [0.1, 0.15) is 33.6 Å². The molecule has 0 saturated carbocycles. The van der Waals surface area contributed by atoms with Gasteiger partial charge in [0.2, 0.25) is 5.28 Å². The summed E-state index contributed by atoms with van der Waals surface area (Å²) in [5.41, 5.74) is 0.530. The summed E-state index contributed by atoms with van der Waals surface area (Å²) in [4.78, 5) is 24.6. The summed E-state index contributed by atoms with van der Waals surface area (Å²) < 4.78 is 5.48. The van der Waals surface area contributed by atoms with Gasteiger partial charge in [-0.15, -0.1) is 10.2 Å². The lowest BCUT2D eigenvalue weighted by atomic mass is 10.0. The van der Waals surface area contributed by atoms with Crippen molar-refractivity contribution in [3.63, 3.8) is 0 Å². The van der Waals surface area contributed by atoms with Crippen molar-refractivity contribution < 1.29 is 9.53 Å². The minimum atomic E-state index is -0.537. The van der Waals surface area contributed by atoms with Crippen LogP contribution in [0.4, 0.5) is 10.6 Å². The Morgan fingerprint density at radius 3 is 2.74 bits per heavy atom. The van der Waals surface area contributed by atoms with Crippen molar-refractivity contribution in [3.8, 4) is 0 Å². The molecule has 0 bridgehead atoms. The number of rotatable bonds is 2. The summed E-state index contributed by atoms with van der Waals surface area (Å²) in [5, 5.41) is 8.39. The molecule has 1 amide bonds. The molecule has 0 aliphatic carbocycles. The lowest BCUT2D eigenvalue weighted by Crippen LogP contribution is -2.50. The van der Waals surface area contributed by atoms with Crippen LogP contribution in [0.3, 0.4) is 0 Å². The van der Waals surface area contributed by atoms with Gasteiger partial charge in [-0.05, 0) is 45.2 Å². The quantitative estimate of drug-likeness (QED) is 0.696. The second-order valence-corrected chi connectivity index (χ2v) is 8.28. The maximum Gasteiger partial charge on any atom is 0.410 e. The van der Waals surface area contributed by atoms with Crippen molar-refractivity contribution in [2.24, 2.45) is 0 Å². The van der Waals surface area contributed by atoms with Crippen LogP contribution in [0.25, 0.3) is 11.0 Å². The molecule has 1 atom stereocenters. The fourth-order valence-electron chi connectivity index (χ4n) is 3.03. The van der Waals surface area contributed by atoms with E-state index in [4.69, 9.17) is 27.9 Å². The molecule has 2 aromatic rings. The summed E-state index contributed by atoms with van der Waals surface area (Å²) in [6.45, 7) is 6.91. The van der Waals surface area contributed by atoms with Crippen LogP contribution >= 0.6 is 23.2 Å². The number of piperidine rings is 1. The lowest BCUT2D eigenvalue weighted by molar-refractivity contribution is 0.0209. The normalized spacial score (nSPS) is 17.9. The van der Waals surface area contributed by atoms with Crippen molar-refractivity contribution >= 4 is 46.1 Å². The summed E-state index contributed by atoms with van der Waals surface area (Å²) >= 11 is 12.0. The van der Waals surface area contributed by atoms with Gasteiger partial charge in [0.15, 0.2) is 16.5 Å². The molecule has 1 aliphatic heterocycles. The molecule has 0 unspecified atom stereocenters. The van der Waals surface area contributed by atoms with Gasteiger partial charge in [0.05, 0.1) is 6.04 Å². The monoisotopic (exact) mass is 412 g/mol. The Kier molecular flexibility index (Phi) is 5.58. The van der Waals surface area contributed by atoms with Gasteiger partial charge in [-0.1, -0.05) is 11.6 Å². The molecule has 0 N–H and O–H groups in total.